The molecule has 0 aliphatic carbocycles. The number of nitrogens with zero attached hydrogens (tertiary/aromatic N) is 2. The monoisotopic (exact) mass is 204 g/mol. The quantitative estimate of drug-likeness (QED) is 0.737. The van der Waals surface area contributed by atoms with Crippen molar-refractivity contribution in [2.75, 3.05) is 6.61 Å². The minimum Gasteiger partial charge on any atom is -0.370 e. The summed E-state index contributed by atoms with van der Waals surface area (Å²) in [7, 11) is 0. The van der Waals surface area contributed by atoms with Crippen molar-refractivity contribution in [3.63, 3.8) is 0 Å². The van der Waals surface area contributed by atoms with E-state index in [0.717, 1.165) is 31.1 Å². The van der Waals surface area contributed by atoms with E-state index in [9.17, 15) is 0 Å². The maximum atomic E-state index is 5.41. The Bertz CT molecular complexity index is 259. The first-order chi connectivity index (χ1) is 5.90. The van der Waals surface area contributed by atoms with Gasteiger partial charge in [-0.15, -0.1) is 12.4 Å². The van der Waals surface area contributed by atoms with Crippen LogP contribution in [0, 0.1) is 0 Å². The Kier molecular flexibility index (Phi) is 3.65. The van der Waals surface area contributed by atoms with E-state index in [1.54, 1.807) is 0 Å². The number of aromatic amines is 1. The number of nitrogens with two attached hydrogens (primary N) is 1. The first kappa shape index (κ1) is 10.4. The molecule has 0 radical (unpaired) electrons. The molecule has 0 amide bonds. The molecule has 1 unspecified atom stereocenters. The molecule has 1 atom stereocenters. The second kappa shape index (κ2) is 4.55. The van der Waals surface area contributed by atoms with Crippen LogP contribution in [0.3, 0.4) is 0 Å². The molecule has 74 valence electrons. The largest absolute Gasteiger partial charge is 0.370 e. The summed E-state index contributed by atoms with van der Waals surface area (Å²) < 4.78 is 5.41. The Balaban J connectivity index is 0.000000845. The van der Waals surface area contributed by atoms with Crippen molar-refractivity contribution in [3.8, 4) is 0 Å². The highest BCUT2D eigenvalue weighted by Gasteiger charge is 2.21. The van der Waals surface area contributed by atoms with Gasteiger partial charge in [0.15, 0.2) is 5.82 Å². The number of H-pyrrole nitrogens is 1. The maximum Gasteiger partial charge on any atom is 0.179 e. The Labute approximate surface area is 82.5 Å². The third-order valence-electron chi connectivity index (χ3n) is 1.96. The molecule has 3 N–H and O–H groups in total. The molecular formula is C7H13ClN4O. The van der Waals surface area contributed by atoms with Gasteiger partial charge in [-0.05, 0) is 12.8 Å². The molecule has 1 aromatic heterocycles. The Morgan fingerprint density at radius 1 is 1.62 bits per heavy atom. The van der Waals surface area contributed by atoms with Crippen LogP contribution in [0.4, 0.5) is 0 Å². The van der Waals surface area contributed by atoms with Gasteiger partial charge in [0.25, 0.3) is 0 Å². The molecule has 13 heavy (non-hydrogen) atoms. The van der Waals surface area contributed by atoms with Crippen LogP contribution in [0.1, 0.15) is 30.6 Å². The van der Waals surface area contributed by atoms with Gasteiger partial charge in [0.05, 0.1) is 6.54 Å². The number of rotatable bonds is 2. The highest BCUT2D eigenvalue weighted by molar-refractivity contribution is 5.85. The number of halogens is 1. The van der Waals surface area contributed by atoms with Gasteiger partial charge in [-0.3, -0.25) is 5.10 Å². The fraction of sp³-hybridized carbons (Fsp3) is 0.714. The van der Waals surface area contributed by atoms with Crippen molar-refractivity contribution in [2.45, 2.75) is 25.5 Å². The molecule has 0 spiro atoms. The minimum atomic E-state index is 0. The minimum absolute atomic E-state index is 0. The SMILES string of the molecule is Cl.NCc1nc(C2CCCO2)n[nH]1. The Morgan fingerprint density at radius 2 is 2.46 bits per heavy atom. The molecule has 2 rings (SSSR count). The predicted octanol–water partition coefficient (Wildman–Crippen LogP) is 0.537. The molecule has 1 aliphatic rings. The number of aromatic nitrogens is 3. The predicted molar refractivity (Wildman–Crippen MR) is 49.4 cm³/mol. The topological polar surface area (TPSA) is 76.8 Å². The molecule has 1 aliphatic heterocycles. The number of hydrogen-bond donors (Lipinski definition) is 2. The van der Waals surface area contributed by atoms with Crippen LogP contribution in [0.25, 0.3) is 0 Å². The summed E-state index contributed by atoms with van der Waals surface area (Å²) in [6, 6.07) is 0. The second-order valence-electron chi connectivity index (χ2n) is 2.85. The molecule has 0 aromatic carbocycles. The van der Waals surface area contributed by atoms with Crippen molar-refractivity contribution >= 4 is 12.4 Å². The van der Waals surface area contributed by atoms with Crippen LogP contribution >= 0.6 is 12.4 Å². The zero-order valence-electron chi connectivity index (χ0n) is 7.19. The van der Waals surface area contributed by atoms with E-state index in [0.29, 0.717) is 6.54 Å². The van der Waals surface area contributed by atoms with Gasteiger partial charge in [-0.2, -0.15) is 5.10 Å². The average molecular weight is 205 g/mol. The van der Waals surface area contributed by atoms with Crippen molar-refractivity contribution < 1.29 is 4.74 Å². The van der Waals surface area contributed by atoms with Crippen LogP contribution in [0.5, 0.6) is 0 Å². The van der Waals surface area contributed by atoms with Gasteiger partial charge in [-0.1, -0.05) is 0 Å². The normalized spacial score (nSPS) is 21.5. The van der Waals surface area contributed by atoms with Gasteiger partial charge >= 0.3 is 0 Å². The number of nitrogens with one attached hydrogen (secondary N) is 1. The fourth-order valence-corrected chi connectivity index (χ4v) is 1.33. The van der Waals surface area contributed by atoms with Crippen molar-refractivity contribution in [1.29, 1.82) is 0 Å². The van der Waals surface area contributed by atoms with E-state index in [-0.39, 0.29) is 18.5 Å². The number of hydrogen-bond acceptors (Lipinski definition) is 4. The summed E-state index contributed by atoms with van der Waals surface area (Å²) >= 11 is 0. The van der Waals surface area contributed by atoms with E-state index >= 15 is 0 Å². The summed E-state index contributed by atoms with van der Waals surface area (Å²) in [4.78, 5) is 4.19. The van der Waals surface area contributed by atoms with Gasteiger partial charge < -0.3 is 10.5 Å². The van der Waals surface area contributed by atoms with Crippen molar-refractivity contribution in [3.05, 3.63) is 11.6 Å². The van der Waals surface area contributed by atoms with E-state index in [1.807, 2.05) is 0 Å². The molecule has 1 aromatic rings. The average Bonchev–Trinajstić information content (AvgIpc) is 2.75. The molecular weight excluding hydrogens is 192 g/mol. The van der Waals surface area contributed by atoms with Crippen LogP contribution in [-0.2, 0) is 11.3 Å². The van der Waals surface area contributed by atoms with E-state index in [1.165, 1.54) is 0 Å². The molecule has 2 heterocycles. The van der Waals surface area contributed by atoms with Gasteiger partial charge in [0, 0.05) is 6.61 Å². The first-order valence-corrected chi connectivity index (χ1v) is 4.13. The number of ether oxygens (including phenoxy) is 1. The zero-order valence-corrected chi connectivity index (χ0v) is 8.01. The standard InChI is InChI=1S/C7H12N4O.ClH/c8-4-6-9-7(11-10-6)5-2-1-3-12-5;/h5H,1-4,8H2,(H,9,10,11);1H. The zero-order chi connectivity index (χ0) is 8.39. The lowest BCUT2D eigenvalue weighted by atomic mass is 10.2. The summed E-state index contributed by atoms with van der Waals surface area (Å²) in [5.41, 5.74) is 5.39. The lowest BCUT2D eigenvalue weighted by Crippen LogP contribution is -2.00. The van der Waals surface area contributed by atoms with Crippen molar-refractivity contribution in [1.82, 2.24) is 15.2 Å². The second-order valence-corrected chi connectivity index (χ2v) is 2.85. The molecule has 1 fully saturated rings. The summed E-state index contributed by atoms with van der Waals surface area (Å²) in [6.07, 6.45) is 2.19. The summed E-state index contributed by atoms with van der Waals surface area (Å²) in [5, 5.41) is 6.79. The third-order valence-corrected chi connectivity index (χ3v) is 1.96. The highest BCUT2D eigenvalue weighted by Crippen LogP contribution is 2.25. The molecule has 0 saturated carbocycles. The van der Waals surface area contributed by atoms with Crippen LogP contribution in [-0.4, -0.2) is 21.8 Å². The maximum absolute atomic E-state index is 5.41. The van der Waals surface area contributed by atoms with Gasteiger partial charge in [0.1, 0.15) is 11.9 Å². The first-order valence-electron chi connectivity index (χ1n) is 4.13. The summed E-state index contributed by atoms with van der Waals surface area (Å²) in [6.45, 7) is 1.22. The van der Waals surface area contributed by atoms with Crippen LogP contribution in [0.15, 0.2) is 0 Å². The van der Waals surface area contributed by atoms with Gasteiger partial charge in [0.2, 0.25) is 0 Å². The van der Waals surface area contributed by atoms with Gasteiger partial charge in [-0.25, -0.2) is 4.98 Å². The van der Waals surface area contributed by atoms with Crippen LogP contribution < -0.4 is 5.73 Å². The fourth-order valence-electron chi connectivity index (χ4n) is 1.33. The molecule has 1 saturated heterocycles. The highest BCUT2D eigenvalue weighted by atomic mass is 35.5. The molecule has 6 heteroatoms. The Hall–Kier alpha value is -0.650. The molecule has 5 nitrogen and oxygen atoms in total. The van der Waals surface area contributed by atoms with E-state index < -0.39 is 0 Å². The smallest absolute Gasteiger partial charge is 0.179 e. The summed E-state index contributed by atoms with van der Waals surface area (Å²) in [5.74, 6) is 1.47. The van der Waals surface area contributed by atoms with E-state index in [4.69, 9.17) is 10.5 Å². The lowest BCUT2D eigenvalue weighted by Gasteiger charge is -2.01. The Morgan fingerprint density at radius 3 is 3.00 bits per heavy atom. The van der Waals surface area contributed by atoms with Crippen molar-refractivity contribution in [2.24, 2.45) is 5.73 Å². The lowest BCUT2D eigenvalue weighted by molar-refractivity contribution is 0.105. The third kappa shape index (κ3) is 2.18. The van der Waals surface area contributed by atoms with Crippen LogP contribution in [0.2, 0.25) is 0 Å². The van der Waals surface area contributed by atoms with E-state index in [2.05, 4.69) is 15.2 Å². The molecule has 0 bridgehead atoms.